The van der Waals surface area contributed by atoms with Gasteiger partial charge in [0.05, 0.1) is 22.5 Å². The zero-order chi connectivity index (χ0) is 27.3. The Bertz CT molecular complexity index is 1510. The largest absolute Gasteiger partial charge is 0.416 e. The highest BCUT2D eigenvalue weighted by Crippen LogP contribution is 2.36. The molecule has 39 heavy (non-hydrogen) atoms. The lowest BCUT2D eigenvalue weighted by Gasteiger charge is -2.35. The van der Waals surface area contributed by atoms with Crippen molar-refractivity contribution < 1.29 is 18.0 Å². The number of benzene rings is 2. The third kappa shape index (κ3) is 5.66. The molecule has 2 N–H and O–H groups in total. The van der Waals surface area contributed by atoms with Crippen LogP contribution in [-0.2, 0) is 17.5 Å². The molecular formula is C27H26ClF3N6OS. The molecule has 3 aliphatic rings. The summed E-state index contributed by atoms with van der Waals surface area (Å²) in [4.78, 5) is 22.1. The van der Waals surface area contributed by atoms with Crippen LogP contribution in [0.2, 0.25) is 5.02 Å². The number of amides is 1. The van der Waals surface area contributed by atoms with E-state index in [2.05, 4.69) is 19.9 Å². The molecule has 1 aliphatic carbocycles. The number of alkyl halides is 3. The first-order chi connectivity index (χ1) is 18.6. The Kier molecular flexibility index (Phi) is 6.84. The summed E-state index contributed by atoms with van der Waals surface area (Å²) in [5.74, 6) is 0.778. The van der Waals surface area contributed by atoms with Gasteiger partial charge in [-0.3, -0.25) is 14.4 Å². The molecule has 0 unspecified atom stereocenters. The third-order valence-corrected chi connectivity index (χ3v) is 8.54. The average molecular weight is 575 g/mol. The molecule has 3 heterocycles. The molecule has 0 bridgehead atoms. The monoisotopic (exact) mass is 574 g/mol. The van der Waals surface area contributed by atoms with E-state index >= 15 is 0 Å². The van der Waals surface area contributed by atoms with Crippen molar-refractivity contribution in [2.24, 2.45) is 10.9 Å². The summed E-state index contributed by atoms with van der Waals surface area (Å²) in [6.07, 6.45) is -0.106. The Hall–Kier alpha value is -3.02. The van der Waals surface area contributed by atoms with E-state index in [9.17, 15) is 18.0 Å². The molecule has 12 heteroatoms. The Balaban J connectivity index is 1.18. The first-order valence-electron chi connectivity index (χ1n) is 12.8. The molecule has 1 aromatic heterocycles. The first kappa shape index (κ1) is 26.2. The maximum absolute atomic E-state index is 13.6. The molecule has 0 radical (unpaired) electrons. The maximum atomic E-state index is 13.6. The van der Waals surface area contributed by atoms with E-state index in [4.69, 9.17) is 17.3 Å². The average Bonchev–Trinajstić information content (AvgIpc) is 3.56. The molecule has 2 fully saturated rings. The summed E-state index contributed by atoms with van der Waals surface area (Å²) < 4.78 is 42.2. The molecule has 3 aromatic rings. The van der Waals surface area contributed by atoms with Crippen LogP contribution in [0.3, 0.4) is 0 Å². The van der Waals surface area contributed by atoms with Gasteiger partial charge in [-0.15, -0.1) is 0 Å². The van der Waals surface area contributed by atoms with Gasteiger partial charge in [-0.2, -0.15) is 23.3 Å². The number of hydrogen-bond donors (Lipinski definition) is 1. The minimum atomic E-state index is -4.55. The number of rotatable bonds is 5. The summed E-state index contributed by atoms with van der Waals surface area (Å²) >= 11 is 7.18. The second kappa shape index (κ2) is 10.2. The number of thioether (sulfide) groups is 1. The van der Waals surface area contributed by atoms with E-state index in [0.717, 1.165) is 48.9 Å². The van der Waals surface area contributed by atoms with Crippen LogP contribution in [0.5, 0.6) is 0 Å². The van der Waals surface area contributed by atoms with Gasteiger partial charge in [0.15, 0.2) is 11.0 Å². The van der Waals surface area contributed by atoms with Crippen LogP contribution in [0.1, 0.15) is 29.5 Å². The Labute approximate surface area is 232 Å². The van der Waals surface area contributed by atoms with E-state index < -0.39 is 11.7 Å². The van der Waals surface area contributed by atoms with Crippen molar-refractivity contribution in [2.75, 3.05) is 38.5 Å². The van der Waals surface area contributed by atoms with Gasteiger partial charge in [0, 0.05) is 43.1 Å². The smallest absolute Gasteiger partial charge is 0.382 e. The number of aliphatic imine (C=N–C) groups is 1. The molecule has 6 rings (SSSR count). The van der Waals surface area contributed by atoms with Crippen molar-refractivity contribution in [3.63, 3.8) is 0 Å². The van der Waals surface area contributed by atoms with Crippen LogP contribution in [0.25, 0.3) is 17.0 Å². The van der Waals surface area contributed by atoms with Crippen LogP contribution in [0, 0.1) is 5.92 Å². The van der Waals surface area contributed by atoms with Gasteiger partial charge in [0.2, 0.25) is 0 Å². The van der Waals surface area contributed by atoms with Gasteiger partial charge < -0.3 is 10.6 Å². The van der Waals surface area contributed by atoms with Crippen molar-refractivity contribution in [2.45, 2.75) is 25.6 Å². The highest BCUT2D eigenvalue weighted by Gasteiger charge is 2.34. The fourth-order valence-corrected chi connectivity index (χ4v) is 6.15. The fraction of sp³-hybridized carbons (Fsp3) is 0.370. The second-order valence-electron chi connectivity index (χ2n) is 10.2. The highest BCUT2D eigenvalue weighted by atomic mass is 35.5. The molecule has 7 nitrogen and oxygen atoms in total. The van der Waals surface area contributed by atoms with E-state index in [-0.39, 0.29) is 28.9 Å². The van der Waals surface area contributed by atoms with Gasteiger partial charge in [0.25, 0.3) is 5.91 Å². The van der Waals surface area contributed by atoms with Crippen LogP contribution < -0.4 is 5.73 Å². The van der Waals surface area contributed by atoms with Crippen LogP contribution in [0.4, 0.5) is 19.0 Å². The Morgan fingerprint density at radius 1 is 1.10 bits per heavy atom. The second-order valence-corrected chi connectivity index (χ2v) is 11.6. The van der Waals surface area contributed by atoms with Gasteiger partial charge in [0.1, 0.15) is 0 Å². The van der Waals surface area contributed by atoms with Gasteiger partial charge >= 0.3 is 6.18 Å². The molecule has 1 saturated heterocycles. The summed E-state index contributed by atoms with van der Waals surface area (Å²) in [7, 11) is 0. The van der Waals surface area contributed by atoms with Crippen molar-refractivity contribution >= 4 is 57.2 Å². The van der Waals surface area contributed by atoms with E-state index in [1.807, 2.05) is 0 Å². The molecule has 1 amide bonds. The minimum Gasteiger partial charge on any atom is -0.382 e. The minimum absolute atomic E-state index is 0.0101. The number of halogens is 4. The van der Waals surface area contributed by atoms with E-state index in [1.165, 1.54) is 48.0 Å². The topological polar surface area (TPSA) is 79.8 Å². The first-order valence-corrected chi connectivity index (χ1v) is 13.9. The van der Waals surface area contributed by atoms with E-state index in [1.54, 1.807) is 24.3 Å². The number of piperazine rings is 1. The summed E-state index contributed by atoms with van der Waals surface area (Å²) in [6.45, 7) is 4.70. The molecule has 2 aliphatic heterocycles. The van der Waals surface area contributed by atoms with Crippen LogP contribution in [0.15, 0.2) is 46.3 Å². The number of anilines is 1. The van der Waals surface area contributed by atoms with Crippen molar-refractivity contribution in [1.82, 2.24) is 19.6 Å². The maximum Gasteiger partial charge on any atom is 0.416 e. The number of nitrogen functional groups attached to an aromatic ring is 1. The number of carbonyl (C=O) groups excluding carboxylic acids is 1. The molecule has 2 aromatic carbocycles. The predicted molar refractivity (Wildman–Crippen MR) is 148 cm³/mol. The van der Waals surface area contributed by atoms with Crippen molar-refractivity contribution in [1.29, 1.82) is 0 Å². The number of fused-ring (bicyclic) bond motifs is 1. The predicted octanol–water partition coefficient (Wildman–Crippen LogP) is 5.34. The lowest BCUT2D eigenvalue weighted by Crippen LogP contribution is -2.48. The van der Waals surface area contributed by atoms with Crippen LogP contribution >= 0.6 is 23.4 Å². The fourth-order valence-electron chi connectivity index (χ4n) is 5.02. The standard InChI is InChI=1S/C27H26ClF3N6OS/c28-19-5-4-18(21(13-19)27(29,30)31)15-37-22-6-3-17(11-20(22)24(32)34-37)12-23-25(38)33-26(39-23)36-9-7-35(8-10-36)14-16-1-2-16/h3-6,11-13,16H,1-2,7-10,14-15H2,(H2,32,34)/b23-12-. The summed E-state index contributed by atoms with van der Waals surface area (Å²) in [5.41, 5.74) is 6.69. The lowest BCUT2D eigenvalue weighted by molar-refractivity contribution is -0.138. The SMILES string of the molecule is Nc1nn(Cc2ccc(Cl)cc2C(F)(F)F)c2ccc(/C=C3\SC(N4CCN(CC5CC5)CC4)=NC3=O)cc12. The van der Waals surface area contributed by atoms with Crippen molar-refractivity contribution in [3.8, 4) is 0 Å². The van der Waals surface area contributed by atoms with Crippen LogP contribution in [-0.4, -0.2) is 63.4 Å². The Morgan fingerprint density at radius 2 is 1.87 bits per heavy atom. The van der Waals surface area contributed by atoms with Gasteiger partial charge in [-0.05, 0) is 72.0 Å². The number of carbonyl (C=O) groups is 1. The third-order valence-electron chi connectivity index (χ3n) is 7.26. The number of nitrogens with zero attached hydrogens (tertiary/aromatic N) is 5. The molecule has 0 spiro atoms. The molecular weight excluding hydrogens is 549 g/mol. The molecule has 0 atom stereocenters. The highest BCUT2D eigenvalue weighted by molar-refractivity contribution is 8.18. The van der Waals surface area contributed by atoms with E-state index in [0.29, 0.717) is 15.8 Å². The molecule has 204 valence electrons. The quantitative estimate of drug-likeness (QED) is 0.415. The zero-order valence-electron chi connectivity index (χ0n) is 20.9. The molecule has 1 saturated carbocycles. The van der Waals surface area contributed by atoms with Gasteiger partial charge in [-0.25, -0.2) is 0 Å². The summed E-state index contributed by atoms with van der Waals surface area (Å²) in [6, 6.07) is 9.02. The zero-order valence-corrected chi connectivity index (χ0v) is 22.5. The number of hydrogen-bond acceptors (Lipinski definition) is 6. The number of amidine groups is 1. The number of nitrogens with two attached hydrogens (primary N) is 1. The Morgan fingerprint density at radius 3 is 2.59 bits per heavy atom. The normalized spacial score (nSPS) is 19.9. The lowest BCUT2D eigenvalue weighted by atomic mass is 10.1. The van der Waals surface area contributed by atoms with Gasteiger partial charge in [-0.1, -0.05) is 23.7 Å². The van der Waals surface area contributed by atoms with Crippen molar-refractivity contribution in [3.05, 3.63) is 63.0 Å². The number of aromatic nitrogens is 2. The summed E-state index contributed by atoms with van der Waals surface area (Å²) in [5, 5.41) is 5.62.